The number of aryl methyl sites for hydroxylation is 2. The number of carbonyl (C=O) groups is 1. The molecular formula is C18H17ClF3N5O2. The first kappa shape index (κ1) is 20.7. The summed E-state index contributed by atoms with van der Waals surface area (Å²) in [6, 6.07) is 7.84. The number of hydrogen-bond acceptors (Lipinski definition) is 4. The molecule has 0 unspecified atom stereocenters. The van der Waals surface area contributed by atoms with Crippen molar-refractivity contribution in [3.8, 4) is 5.75 Å². The predicted octanol–water partition coefficient (Wildman–Crippen LogP) is 4.13. The van der Waals surface area contributed by atoms with E-state index in [1.807, 2.05) is 0 Å². The molecule has 0 spiro atoms. The topological polar surface area (TPSA) is 74.0 Å². The van der Waals surface area contributed by atoms with E-state index in [4.69, 9.17) is 16.3 Å². The molecule has 0 fully saturated rings. The van der Waals surface area contributed by atoms with Crippen molar-refractivity contribution in [3.63, 3.8) is 0 Å². The van der Waals surface area contributed by atoms with Gasteiger partial charge in [0.15, 0.2) is 12.4 Å². The molecule has 0 aliphatic rings. The van der Waals surface area contributed by atoms with Gasteiger partial charge in [-0.2, -0.15) is 23.4 Å². The number of nitrogens with one attached hydrogen (secondary N) is 1. The van der Waals surface area contributed by atoms with Crippen molar-refractivity contribution < 1.29 is 22.7 Å². The molecule has 11 heteroatoms. The lowest BCUT2D eigenvalue weighted by atomic mass is 10.3. The molecule has 3 rings (SSSR count). The van der Waals surface area contributed by atoms with Gasteiger partial charge in [0.2, 0.25) is 5.91 Å². The molecule has 7 nitrogen and oxygen atoms in total. The summed E-state index contributed by atoms with van der Waals surface area (Å²) in [7, 11) is 0. The number of ether oxygens (including phenoxy) is 1. The van der Waals surface area contributed by atoms with Gasteiger partial charge in [-0.05, 0) is 31.2 Å². The first-order valence-corrected chi connectivity index (χ1v) is 8.91. The second-order valence-corrected chi connectivity index (χ2v) is 6.63. The van der Waals surface area contributed by atoms with E-state index in [2.05, 4.69) is 15.5 Å². The molecule has 0 saturated carbocycles. The minimum Gasteiger partial charge on any atom is -0.471 e. The van der Waals surface area contributed by atoms with Crippen LogP contribution in [0.3, 0.4) is 0 Å². The van der Waals surface area contributed by atoms with E-state index >= 15 is 0 Å². The molecule has 0 aliphatic heterocycles. The third-order valence-electron chi connectivity index (χ3n) is 3.90. The van der Waals surface area contributed by atoms with Crippen LogP contribution in [0.15, 0.2) is 42.7 Å². The van der Waals surface area contributed by atoms with Gasteiger partial charge >= 0.3 is 6.18 Å². The Hall–Kier alpha value is -3.01. The molecule has 2 heterocycles. The number of benzene rings is 1. The summed E-state index contributed by atoms with van der Waals surface area (Å²) in [5.41, 5.74) is -0.203. The molecule has 0 bridgehead atoms. The third kappa shape index (κ3) is 5.74. The van der Waals surface area contributed by atoms with Crippen molar-refractivity contribution in [1.29, 1.82) is 0 Å². The standard InChI is InChI=1S/C18H17ClF3N5O2/c1-12-7-16(18(20,21)22)25-27(12)6-5-17(28)24-14-9-23-26(10-14)11-29-15-4-2-3-13(19)8-15/h2-4,7-10H,5-6,11H2,1H3,(H,24,28). The van der Waals surface area contributed by atoms with Crippen LogP contribution in [0.2, 0.25) is 5.02 Å². The maximum absolute atomic E-state index is 12.7. The van der Waals surface area contributed by atoms with E-state index in [0.29, 0.717) is 22.2 Å². The molecule has 0 saturated heterocycles. The number of rotatable bonds is 7. The average molecular weight is 428 g/mol. The molecule has 0 atom stereocenters. The highest BCUT2D eigenvalue weighted by Gasteiger charge is 2.34. The maximum atomic E-state index is 12.7. The molecular weight excluding hydrogens is 411 g/mol. The van der Waals surface area contributed by atoms with Gasteiger partial charge in [0.1, 0.15) is 5.75 Å². The first-order chi connectivity index (χ1) is 13.7. The second-order valence-electron chi connectivity index (χ2n) is 6.19. The lowest BCUT2D eigenvalue weighted by Gasteiger charge is -2.06. The Morgan fingerprint density at radius 2 is 2.10 bits per heavy atom. The second kappa shape index (κ2) is 8.56. The summed E-state index contributed by atoms with van der Waals surface area (Å²) in [6.07, 6.45) is -1.53. The Kier molecular flexibility index (Phi) is 6.12. The number of halogens is 4. The number of aromatic nitrogens is 4. The van der Waals surface area contributed by atoms with Crippen molar-refractivity contribution in [2.24, 2.45) is 0 Å². The van der Waals surface area contributed by atoms with Gasteiger partial charge in [-0.1, -0.05) is 17.7 Å². The number of nitrogens with zero attached hydrogens (tertiary/aromatic N) is 4. The van der Waals surface area contributed by atoms with Gasteiger partial charge in [0, 0.05) is 23.7 Å². The maximum Gasteiger partial charge on any atom is 0.435 e. The summed E-state index contributed by atoms with van der Waals surface area (Å²) in [5, 5.41) is 10.7. The van der Waals surface area contributed by atoms with Crippen LogP contribution < -0.4 is 10.1 Å². The molecule has 1 aromatic carbocycles. The number of hydrogen-bond donors (Lipinski definition) is 1. The zero-order valence-electron chi connectivity index (χ0n) is 15.3. The summed E-state index contributed by atoms with van der Waals surface area (Å²) < 4.78 is 46.2. The van der Waals surface area contributed by atoms with Gasteiger partial charge < -0.3 is 10.1 Å². The number of alkyl halides is 3. The van der Waals surface area contributed by atoms with Crippen molar-refractivity contribution in [3.05, 3.63) is 59.1 Å². The fourth-order valence-electron chi connectivity index (χ4n) is 2.50. The lowest BCUT2D eigenvalue weighted by molar-refractivity contribution is -0.141. The average Bonchev–Trinajstić information content (AvgIpc) is 3.24. The summed E-state index contributed by atoms with van der Waals surface area (Å²) in [6.45, 7) is 1.65. The van der Waals surface area contributed by atoms with Crippen molar-refractivity contribution in [2.75, 3.05) is 5.32 Å². The fraction of sp³-hybridized carbons (Fsp3) is 0.278. The van der Waals surface area contributed by atoms with E-state index in [1.54, 1.807) is 30.5 Å². The van der Waals surface area contributed by atoms with Gasteiger partial charge in [0.25, 0.3) is 0 Å². The Morgan fingerprint density at radius 1 is 1.31 bits per heavy atom. The van der Waals surface area contributed by atoms with Crippen LogP contribution in [-0.2, 0) is 24.2 Å². The van der Waals surface area contributed by atoms with E-state index < -0.39 is 11.9 Å². The van der Waals surface area contributed by atoms with Crippen LogP contribution in [0.1, 0.15) is 17.8 Å². The summed E-state index contributed by atoms with van der Waals surface area (Å²) >= 11 is 5.88. The highest BCUT2D eigenvalue weighted by molar-refractivity contribution is 6.30. The normalized spacial score (nSPS) is 11.5. The SMILES string of the molecule is Cc1cc(C(F)(F)F)nn1CCC(=O)Nc1cnn(COc2cccc(Cl)c2)c1. The van der Waals surface area contributed by atoms with E-state index in [-0.39, 0.29) is 25.6 Å². The largest absolute Gasteiger partial charge is 0.471 e. The number of amides is 1. The summed E-state index contributed by atoms with van der Waals surface area (Å²) in [5.74, 6) is 0.204. The number of anilines is 1. The van der Waals surface area contributed by atoms with Gasteiger partial charge in [0.05, 0.1) is 18.1 Å². The monoisotopic (exact) mass is 427 g/mol. The van der Waals surface area contributed by atoms with Crippen LogP contribution in [0.4, 0.5) is 18.9 Å². The van der Waals surface area contributed by atoms with E-state index in [9.17, 15) is 18.0 Å². The minimum atomic E-state index is -4.51. The molecule has 29 heavy (non-hydrogen) atoms. The zero-order chi connectivity index (χ0) is 21.0. The molecule has 3 aromatic rings. The van der Waals surface area contributed by atoms with Crippen LogP contribution >= 0.6 is 11.6 Å². The molecule has 0 radical (unpaired) electrons. The molecule has 0 aliphatic carbocycles. The Labute approximate surface area is 169 Å². The number of carbonyl (C=O) groups excluding carboxylic acids is 1. The van der Waals surface area contributed by atoms with Gasteiger partial charge in [-0.3, -0.25) is 9.48 Å². The Morgan fingerprint density at radius 3 is 2.79 bits per heavy atom. The van der Waals surface area contributed by atoms with Gasteiger partial charge in [-0.25, -0.2) is 4.68 Å². The highest BCUT2D eigenvalue weighted by atomic mass is 35.5. The lowest BCUT2D eigenvalue weighted by Crippen LogP contribution is -2.16. The highest BCUT2D eigenvalue weighted by Crippen LogP contribution is 2.28. The molecule has 154 valence electrons. The zero-order valence-corrected chi connectivity index (χ0v) is 16.0. The van der Waals surface area contributed by atoms with Crippen LogP contribution in [0.5, 0.6) is 5.75 Å². The molecule has 2 aromatic heterocycles. The van der Waals surface area contributed by atoms with Crippen molar-refractivity contribution in [2.45, 2.75) is 32.8 Å². The van der Waals surface area contributed by atoms with E-state index in [0.717, 1.165) is 10.7 Å². The van der Waals surface area contributed by atoms with Crippen LogP contribution in [0.25, 0.3) is 0 Å². The Bertz CT molecular complexity index is 1000. The van der Waals surface area contributed by atoms with Crippen LogP contribution in [0, 0.1) is 6.92 Å². The van der Waals surface area contributed by atoms with E-state index in [1.165, 1.54) is 17.8 Å². The fourth-order valence-corrected chi connectivity index (χ4v) is 2.68. The molecule has 1 N–H and O–H groups in total. The smallest absolute Gasteiger partial charge is 0.435 e. The van der Waals surface area contributed by atoms with Gasteiger partial charge in [-0.15, -0.1) is 0 Å². The summed E-state index contributed by atoms with van der Waals surface area (Å²) in [4.78, 5) is 12.1. The Balaban J connectivity index is 1.49. The predicted molar refractivity (Wildman–Crippen MR) is 99.5 cm³/mol. The molecule has 1 amide bonds. The first-order valence-electron chi connectivity index (χ1n) is 8.53. The quantitative estimate of drug-likeness (QED) is 0.615. The van der Waals surface area contributed by atoms with Crippen molar-refractivity contribution >= 4 is 23.2 Å². The van der Waals surface area contributed by atoms with Crippen molar-refractivity contribution in [1.82, 2.24) is 19.6 Å². The third-order valence-corrected chi connectivity index (χ3v) is 4.13. The van der Waals surface area contributed by atoms with Crippen LogP contribution in [-0.4, -0.2) is 25.5 Å². The minimum absolute atomic E-state index is 0.0275.